The van der Waals surface area contributed by atoms with Gasteiger partial charge in [0, 0.05) is 18.8 Å². The second-order valence-corrected chi connectivity index (χ2v) is 3.28. The van der Waals surface area contributed by atoms with E-state index in [0.717, 1.165) is 5.56 Å². The van der Waals surface area contributed by atoms with E-state index in [-0.39, 0.29) is 6.54 Å². The first-order valence-corrected chi connectivity index (χ1v) is 4.59. The third-order valence-electron chi connectivity index (χ3n) is 1.89. The summed E-state index contributed by atoms with van der Waals surface area (Å²) in [4.78, 5) is 0. The highest BCUT2D eigenvalue weighted by Gasteiger charge is 2.25. The molecule has 0 aliphatic rings. The molecule has 0 aromatic heterocycles. The first kappa shape index (κ1) is 11.8. The van der Waals surface area contributed by atoms with E-state index in [9.17, 15) is 13.2 Å². The van der Waals surface area contributed by atoms with Gasteiger partial charge in [-0.3, -0.25) is 0 Å². The van der Waals surface area contributed by atoms with Gasteiger partial charge in [-0.2, -0.15) is 13.2 Å². The lowest BCUT2D eigenvalue weighted by Crippen LogP contribution is -2.21. The van der Waals surface area contributed by atoms with Crippen molar-refractivity contribution in [1.29, 1.82) is 0 Å². The second kappa shape index (κ2) is 5.02. The lowest BCUT2D eigenvalue weighted by molar-refractivity contribution is -0.133. The molecule has 0 aliphatic heterocycles. The lowest BCUT2D eigenvalue weighted by Gasteiger charge is -2.07. The van der Waals surface area contributed by atoms with Crippen LogP contribution in [0.1, 0.15) is 12.0 Å². The zero-order valence-corrected chi connectivity index (χ0v) is 8.14. The summed E-state index contributed by atoms with van der Waals surface area (Å²) in [7, 11) is 0. The highest BCUT2D eigenvalue weighted by Crippen LogP contribution is 2.18. The fraction of sp³-hybridized carbons (Fsp3) is 0.400. The minimum atomic E-state index is -4.09. The first-order chi connectivity index (χ1) is 6.97. The Labute approximate surface area is 86.3 Å². The maximum atomic E-state index is 11.8. The molecular weight excluding hydrogens is 205 g/mol. The molecule has 84 valence electrons. The van der Waals surface area contributed by atoms with E-state index in [1.807, 2.05) is 0 Å². The maximum absolute atomic E-state index is 11.8. The number of halogens is 3. The van der Waals surface area contributed by atoms with Crippen LogP contribution in [-0.2, 0) is 6.54 Å². The molecule has 0 amide bonds. The SMILES string of the molecule is Nc1ccc(CNCCC(F)(F)F)cc1. The fourth-order valence-corrected chi connectivity index (χ4v) is 1.10. The van der Waals surface area contributed by atoms with Gasteiger partial charge in [0.25, 0.3) is 0 Å². The van der Waals surface area contributed by atoms with Crippen LogP contribution in [0.15, 0.2) is 24.3 Å². The van der Waals surface area contributed by atoms with Gasteiger partial charge in [0.1, 0.15) is 0 Å². The number of rotatable bonds is 4. The summed E-state index contributed by atoms with van der Waals surface area (Å²) in [6, 6.07) is 7.02. The molecule has 0 unspecified atom stereocenters. The standard InChI is InChI=1S/C10H13F3N2/c11-10(12,13)5-6-15-7-8-1-3-9(14)4-2-8/h1-4,15H,5-7,14H2. The molecule has 0 heterocycles. The molecule has 0 fully saturated rings. The van der Waals surface area contributed by atoms with Gasteiger partial charge in [-0.1, -0.05) is 12.1 Å². The van der Waals surface area contributed by atoms with Crippen LogP contribution in [0, 0.1) is 0 Å². The normalized spacial score (nSPS) is 11.7. The van der Waals surface area contributed by atoms with Crippen LogP contribution < -0.4 is 11.1 Å². The molecule has 3 N–H and O–H groups in total. The highest BCUT2D eigenvalue weighted by atomic mass is 19.4. The van der Waals surface area contributed by atoms with Gasteiger partial charge in [-0.05, 0) is 17.7 Å². The molecule has 1 rings (SSSR count). The summed E-state index contributed by atoms with van der Waals surface area (Å²) >= 11 is 0. The molecule has 1 aromatic rings. The summed E-state index contributed by atoms with van der Waals surface area (Å²) in [6.45, 7) is 0.365. The molecule has 0 aliphatic carbocycles. The van der Waals surface area contributed by atoms with E-state index >= 15 is 0 Å². The molecule has 0 saturated carbocycles. The Kier molecular flexibility index (Phi) is 3.96. The molecule has 5 heteroatoms. The van der Waals surface area contributed by atoms with Crippen LogP contribution in [-0.4, -0.2) is 12.7 Å². The average Bonchev–Trinajstić information content (AvgIpc) is 2.14. The zero-order chi connectivity index (χ0) is 11.3. The van der Waals surface area contributed by atoms with E-state index in [1.54, 1.807) is 24.3 Å². The van der Waals surface area contributed by atoms with Gasteiger partial charge in [-0.15, -0.1) is 0 Å². The Morgan fingerprint density at radius 2 is 1.73 bits per heavy atom. The minimum Gasteiger partial charge on any atom is -0.399 e. The van der Waals surface area contributed by atoms with Gasteiger partial charge >= 0.3 is 6.18 Å². The smallest absolute Gasteiger partial charge is 0.390 e. The number of anilines is 1. The van der Waals surface area contributed by atoms with Crippen LogP contribution in [0.25, 0.3) is 0 Å². The Bertz CT molecular complexity index is 293. The molecule has 15 heavy (non-hydrogen) atoms. The van der Waals surface area contributed by atoms with E-state index in [2.05, 4.69) is 5.32 Å². The number of hydrogen-bond donors (Lipinski definition) is 2. The van der Waals surface area contributed by atoms with Crippen LogP contribution in [0.2, 0.25) is 0 Å². The van der Waals surface area contributed by atoms with Crippen molar-refractivity contribution < 1.29 is 13.2 Å². The predicted molar refractivity (Wildman–Crippen MR) is 53.2 cm³/mol. The summed E-state index contributed by atoms with van der Waals surface area (Å²) < 4.78 is 35.3. The Morgan fingerprint density at radius 1 is 1.13 bits per heavy atom. The van der Waals surface area contributed by atoms with Crippen molar-refractivity contribution in [3.05, 3.63) is 29.8 Å². The zero-order valence-electron chi connectivity index (χ0n) is 8.14. The van der Waals surface area contributed by atoms with Crippen LogP contribution in [0.4, 0.5) is 18.9 Å². The largest absolute Gasteiger partial charge is 0.399 e. The van der Waals surface area contributed by atoms with Crippen molar-refractivity contribution in [3.8, 4) is 0 Å². The topological polar surface area (TPSA) is 38.0 Å². The predicted octanol–water partition coefficient (Wildman–Crippen LogP) is 2.31. The molecular formula is C10H13F3N2. The summed E-state index contributed by atoms with van der Waals surface area (Å²) in [6.07, 6.45) is -4.89. The summed E-state index contributed by atoms with van der Waals surface area (Å²) in [5.41, 5.74) is 7.04. The number of nitrogens with one attached hydrogen (secondary N) is 1. The number of hydrogen-bond acceptors (Lipinski definition) is 2. The Morgan fingerprint density at radius 3 is 2.27 bits per heavy atom. The van der Waals surface area contributed by atoms with Crippen molar-refractivity contribution >= 4 is 5.69 Å². The van der Waals surface area contributed by atoms with Gasteiger partial charge < -0.3 is 11.1 Å². The van der Waals surface area contributed by atoms with Crippen LogP contribution in [0.5, 0.6) is 0 Å². The molecule has 2 nitrogen and oxygen atoms in total. The van der Waals surface area contributed by atoms with E-state index in [0.29, 0.717) is 12.2 Å². The van der Waals surface area contributed by atoms with E-state index < -0.39 is 12.6 Å². The monoisotopic (exact) mass is 218 g/mol. The Balaban J connectivity index is 2.23. The first-order valence-electron chi connectivity index (χ1n) is 4.59. The molecule has 0 radical (unpaired) electrons. The van der Waals surface area contributed by atoms with E-state index in [1.165, 1.54) is 0 Å². The van der Waals surface area contributed by atoms with Crippen molar-refractivity contribution in [2.45, 2.75) is 19.1 Å². The Hall–Kier alpha value is -1.23. The molecule has 0 bridgehead atoms. The lowest BCUT2D eigenvalue weighted by atomic mass is 10.2. The highest BCUT2D eigenvalue weighted by molar-refractivity contribution is 5.39. The summed E-state index contributed by atoms with van der Waals surface area (Å²) in [5.74, 6) is 0. The molecule has 1 aromatic carbocycles. The van der Waals surface area contributed by atoms with E-state index in [4.69, 9.17) is 5.73 Å². The quantitative estimate of drug-likeness (QED) is 0.601. The maximum Gasteiger partial charge on any atom is 0.390 e. The third-order valence-corrected chi connectivity index (χ3v) is 1.89. The van der Waals surface area contributed by atoms with Gasteiger partial charge in [0.15, 0.2) is 0 Å². The minimum absolute atomic E-state index is 0.0616. The van der Waals surface area contributed by atoms with Crippen LogP contribution >= 0.6 is 0 Å². The van der Waals surface area contributed by atoms with Gasteiger partial charge in [0.05, 0.1) is 6.42 Å². The van der Waals surface area contributed by atoms with Gasteiger partial charge in [0.2, 0.25) is 0 Å². The fourth-order valence-electron chi connectivity index (χ4n) is 1.10. The van der Waals surface area contributed by atoms with Gasteiger partial charge in [-0.25, -0.2) is 0 Å². The number of nitrogens with two attached hydrogens (primary N) is 1. The second-order valence-electron chi connectivity index (χ2n) is 3.28. The third kappa shape index (κ3) is 5.27. The van der Waals surface area contributed by atoms with Crippen molar-refractivity contribution in [1.82, 2.24) is 5.32 Å². The van der Waals surface area contributed by atoms with Crippen molar-refractivity contribution in [2.75, 3.05) is 12.3 Å². The molecule has 0 spiro atoms. The molecule has 0 saturated heterocycles. The average molecular weight is 218 g/mol. The van der Waals surface area contributed by atoms with Crippen molar-refractivity contribution in [3.63, 3.8) is 0 Å². The number of benzene rings is 1. The van der Waals surface area contributed by atoms with Crippen molar-refractivity contribution in [2.24, 2.45) is 0 Å². The molecule has 0 atom stereocenters. The number of alkyl halides is 3. The van der Waals surface area contributed by atoms with Crippen LogP contribution in [0.3, 0.4) is 0 Å². The summed E-state index contributed by atoms with van der Waals surface area (Å²) in [5, 5.41) is 2.72. The number of nitrogen functional groups attached to an aromatic ring is 1.